The smallest absolute Gasteiger partial charge is 0.291 e. The van der Waals surface area contributed by atoms with Gasteiger partial charge >= 0.3 is 0 Å². The van der Waals surface area contributed by atoms with Crippen LogP contribution in [0.2, 0.25) is 0 Å². The quantitative estimate of drug-likeness (QED) is 0.625. The molecule has 0 radical (unpaired) electrons. The molecule has 7 heteroatoms. The molecule has 0 aliphatic heterocycles. The Morgan fingerprint density at radius 2 is 2.19 bits per heavy atom. The van der Waals surface area contributed by atoms with Gasteiger partial charge in [-0.25, -0.2) is 9.97 Å². The summed E-state index contributed by atoms with van der Waals surface area (Å²) in [6, 6.07) is 3.12. The lowest BCUT2D eigenvalue weighted by molar-refractivity contribution is -0.385. The standard InChI is InChI=1S/C14H19N5O2/c1-3-8-18-9-7-16-14(18)10-11-12(19(20)21)5-6-13(17-11)15-4-2/h5-7,9H,3-4,8,10H2,1-2H3,(H,15,17). The Morgan fingerprint density at radius 3 is 2.86 bits per heavy atom. The van der Waals surface area contributed by atoms with E-state index in [0.717, 1.165) is 18.8 Å². The molecule has 0 atom stereocenters. The molecule has 2 heterocycles. The minimum atomic E-state index is -0.398. The van der Waals surface area contributed by atoms with Gasteiger partial charge in [-0.15, -0.1) is 0 Å². The van der Waals surface area contributed by atoms with Crippen LogP contribution in [0.5, 0.6) is 0 Å². The molecule has 2 aromatic heterocycles. The number of aromatic nitrogens is 3. The summed E-state index contributed by atoms with van der Waals surface area (Å²) < 4.78 is 2.01. The van der Waals surface area contributed by atoms with E-state index in [1.165, 1.54) is 6.07 Å². The average molecular weight is 289 g/mol. The van der Waals surface area contributed by atoms with Crippen LogP contribution in [0.25, 0.3) is 0 Å². The number of nitro groups is 1. The predicted octanol–water partition coefficient (Wildman–Crippen LogP) is 2.62. The third-order valence-corrected chi connectivity index (χ3v) is 3.10. The zero-order valence-electron chi connectivity index (χ0n) is 12.2. The highest BCUT2D eigenvalue weighted by molar-refractivity contribution is 5.46. The van der Waals surface area contributed by atoms with E-state index in [9.17, 15) is 10.1 Å². The first-order valence-electron chi connectivity index (χ1n) is 7.03. The van der Waals surface area contributed by atoms with Gasteiger partial charge in [0.25, 0.3) is 5.69 Å². The number of pyridine rings is 1. The second kappa shape index (κ2) is 6.83. The molecule has 0 saturated heterocycles. The molecule has 21 heavy (non-hydrogen) atoms. The second-order valence-electron chi connectivity index (χ2n) is 4.66. The Hall–Kier alpha value is -2.44. The summed E-state index contributed by atoms with van der Waals surface area (Å²) in [4.78, 5) is 19.4. The van der Waals surface area contributed by atoms with Crippen molar-refractivity contribution in [1.82, 2.24) is 14.5 Å². The fourth-order valence-corrected chi connectivity index (χ4v) is 2.17. The molecule has 0 spiro atoms. The van der Waals surface area contributed by atoms with Crippen LogP contribution in [-0.2, 0) is 13.0 Å². The number of nitrogens with zero attached hydrogens (tertiary/aromatic N) is 4. The lowest BCUT2D eigenvalue weighted by Gasteiger charge is -2.08. The molecule has 0 aliphatic rings. The first-order valence-corrected chi connectivity index (χ1v) is 7.03. The van der Waals surface area contributed by atoms with Crippen molar-refractivity contribution in [2.75, 3.05) is 11.9 Å². The highest BCUT2D eigenvalue weighted by Gasteiger charge is 2.18. The van der Waals surface area contributed by atoms with Gasteiger partial charge < -0.3 is 9.88 Å². The Labute approximate surface area is 123 Å². The predicted molar refractivity (Wildman–Crippen MR) is 80.4 cm³/mol. The fourth-order valence-electron chi connectivity index (χ4n) is 2.17. The largest absolute Gasteiger partial charge is 0.370 e. The number of hydrogen-bond donors (Lipinski definition) is 1. The molecule has 0 saturated carbocycles. The van der Waals surface area contributed by atoms with Crippen LogP contribution in [0.3, 0.4) is 0 Å². The SMILES string of the molecule is CCCn1ccnc1Cc1nc(NCC)ccc1[N+](=O)[O-]. The van der Waals surface area contributed by atoms with Crippen molar-refractivity contribution in [1.29, 1.82) is 0 Å². The molecule has 0 aliphatic carbocycles. The average Bonchev–Trinajstić information content (AvgIpc) is 2.87. The Morgan fingerprint density at radius 1 is 1.38 bits per heavy atom. The third-order valence-electron chi connectivity index (χ3n) is 3.10. The summed E-state index contributed by atoms with van der Waals surface area (Å²) in [7, 11) is 0. The van der Waals surface area contributed by atoms with Crippen molar-refractivity contribution in [3.63, 3.8) is 0 Å². The maximum atomic E-state index is 11.1. The van der Waals surface area contributed by atoms with Gasteiger partial charge in [-0.1, -0.05) is 6.92 Å². The van der Waals surface area contributed by atoms with Gasteiger partial charge in [-0.3, -0.25) is 10.1 Å². The normalized spacial score (nSPS) is 10.6. The Kier molecular flexibility index (Phi) is 4.86. The van der Waals surface area contributed by atoms with Gasteiger partial charge in [0, 0.05) is 31.5 Å². The highest BCUT2D eigenvalue weighted by Crippen LogP contribution is 2.21. The second-order valence-corrected chi connectivity index (χ2v) is 4.66. The zero-order chi connectivity index (χ0) is 15.2. The lowest BCUT2D eigenvalue weighted by Crippen LogP contribution is -2.08. The maximum Gasteiger partial charge on any atom is 0.291 e. The molecule has 7 nitrogen and oxygen atoms in total. The van der Waals surface area contributed by atoms with Crippen LogP contribution in [-0.4, -0.2) is 26.0 Å². The third kappa shape index (κ3) is 3.56. The summed E-state index contributed by atoms with van der Waals surface area (Å²) in [5.74, 6) is 1.44. The zero-order valence-corrected chi connectivity index (χ0v) is 12.2. The number of nitrogens with one attached hydrogen (secondary N) is 1. The van der Waals surface area contributed by atoms with Crippen molar-refractivity contribution in [3.8, 4) is 0 Å². The minimum Gasteiger partial charge on any atom is -0.370 e. The van der Waals surface area contributed by atoms with E-state index in [0.29, 0.717) is 24.5 Å². The van der Waals surface area contributed by atoms with E-state index in [4.69, 9.17) is 0 Å². The van der Waals surface area contributed by atoms with Crippen LogP contribution >= 0.6 is 0 Å². The molecule has 1 N–H and O–H groups in total. The van der Waals surface area contributed by atoms with E-state index in [1.807, 2.05) is 17.7 Å². The summed E-state index contributed by atoms with van der Waals surface area (Å²) in [5.41, 5.74) is 0.463. The lowest BCUT2D eigenvalue weighted by atomic mass is 10.2. The van der Waals surface area contributed by atoms with Gasteiger partial charge in [0.1, 0.15) is 17.3 Å². The molecular weight excluding hydrogens is 270 g/mol. The molecule has 2 rings (SSSR count). The first-order chi connectivity index (χ1) is 10.2. The van der Waals surface area contributed by atoms with Crippen LogP contribution in [0.4, 0.5) is 11.5 Å². The maximum absolute atomic E-state index is 11.1. The van der Waals surface area contributed by atoms with Crippen molar-refractivity contribution in [3.05, 3.63) is 46.2 Å². The van der Waals surface area contributed by atoms with Crippen molar-refractivity contribution in [2.24, 2.45) is 0 Å². The molecule has 0 fully saturated rings. The fraction of sp³-hybridized carbons (Fsp3) is 0.429. The summed E-state index contributed by atoms with van der Waals surface area (Å²) in [6.07, 6.45) is 4.93. The number of rotatable bonds is 7. The summed E-state index contributed by atoms with van der Waals surface area (Å²) in [5, 5.41) is 14.2. The van der Waals surface area contributed by atoms with Crippen LogP contribution in [0.15, 0.2) is 24.5 Å². The van der Waals surface area contributed by atoms with E-state index in [-0.39, 0.29) is 5.69 Å². The number of imidazole rings is 1. The monoisotopic (exact) mass is 289 g/mol. The number of anilines is 1. The molecule has 112 valence electrons. The van der Waals surface area contributed by atoms with E-state index in [2.05, 4.69) is 22.2 Å². The Bertz CT molecular complexity index is 624. The highest BCUT2D eigenvalue weighted by atomic mass is 16.6. The van der Waals surface area contributed by atoms with E-state index in [1.54, 1.807) is 12.3 Å². The van der Waals surface area contributed by atoms with Crippen LogP contribution < -0.4 is 5.32 Å². The first kappa shape index (κ1) is 15.0. The van der Waals surface area contributed by atoms with E-state index < -0.39 is 4.92 Å². The molecule has 0 bridgehead atoms. The van der Waals surface area contributed by atoms with Gasteiger partial charge in [0.2, 0.25) is 0 Å². The van der Waals surface area contributed by atoms with Gasteiger partial charge in [0.05, 0.1) is 11.3 Å². The number of hydrogen-bond acceptors (Lipinski definition) is 5. The molecular formula is C14H19N5O2. The van der Waals surface area contributed by atoms with E-state index >= 15 is 0 Å². The topological polar surface area (TPSA) is 85.9 Å². The van der Waals surface area contributed by atoms with Crippen molar-refractivity contribution >= 4 is 11.5 Å². The van der Waals surface area contributed by atoms with Gasteiger partial charge in [-0.2, -0.15) is 0 Å². The van der Waals surface area contributed by atoms with Gasteiger partial charge in [0.15, 0.2) is 0 Å². The molecule has 0 aromatic carbocycles. The van der Waals surface area contributed by atoms with Crippen molar-refractivity contribution < 1.29 is 4.92 Å². The van der Waals surface area contributed by atoms with Crippen LogP contribution in [0.1, 0.15) is 31.8 Å². The molecule has 0 unspecified atom stereocenters. The molecule has 2 aromatic rings. The minimum absolute atomic E-state index is 0.0303. The molecule has 0 amide bonds. The van der Waals surface area contributed by atoms with Crippen molar-refractivity contribution in [2.45, 2.75) is 33.2 Å². The van der Waals surface area contributed by atoms with Crippen LogP contribution in [0, 0.1) is 10.1 Å². The van der Waals surface area contributed by atoms with Gasteiger partial charge in [-0.05, 0) is 19.4 Å². The summed E-state index contributed by atoms with van der Waals surface area (Å²) in [6.45, 7) is 5.59. The number of aryl methyl sites for hydroxylation is 1. The summed E-state index contributed by atoms with van der Waals surface area (Å²) >= 11 is 0. The Balaban J connectivity index is 2.33.